The van der Waals surface area contributed by atoms with E-state index in [4.69, 9.17) is 10.5 Å². The molecule has 0 atom stereocenters. The summed E-state index contributed by atoms with van der Waals surface area (Å²) in [5.74, 6) is -1.42. The van der Waals surface area contributed by atoms with Gasteiger partial charge < -0.3 is 10.5 Å². The van der Waals surface area contributed by atoms with E-state index in [-0.39, 0.29) is 12.5 Å². The van der Waals surface area contributed by atoms with Crippen LogP contribution in [-0.4, -0.2) is 27.3 Å². The van der Waals surface area contributed by atoms with Crippen LogP contribution in [0, 0.1) is 0 Å². The first-order valence-electron chi connectivity index (χ1n) is 7.79. The average Bonchev–Trinajstić information content (AvgIpc) is 2.98. The van der Waals surface area contributed by atoms with Crippen LogP contribution in [0.3, 0.4) is 0 Å². The number of rotatable bonds is 7. The maximum Gasteiger partial charge on any atom is 0.453 e. The van der Waals surface area contributed by atoms with Crippen molar-refractivity contribution >= 4 is 11.7 Å². The Morgan fingerprint density at radius 3 is 2.72 bits per heavy atom. The minimum atomic E-state index is -4.56. The molecule has 0 unspecified atom stereocenters. The molecule has 1 aromatic carbocycles. The van der Waals surface area contributed by atoms with E-state index in [0.717, 1.165) is 16.6 Å². The number of carbonyl (C=O) groups excluding carboxylic acids is 1. The molecule has 2 rings (SSSR count). The second-order valence-electron chi connectivity index (χ2n) is 5.46. The maximum atomic E-state index is 12.5. The molecule has 0 aliphatic carbocycles. The first kappa shape index (κ1) is 18.8. The van der Waals surface area contributed by atoms with Gasteiger partial charge in [0.1, 0.15) is 6.33 Å². The lowest BCUT2D eigenvalue weighted by molar-refractivity contribution is -0.145. The molecule has 0 saturated carbocycles. The third kappa shape index (κ3) is 5.47. The lowest BCUT2D eigenvalue weighted by atomic mass is 10.0. The largest absolute Gasteiger partial charge is 0.466 e. The number of hydrogen-bond donors (Lipinski definition) is 1. The van der Waals surface area contributed by atoms with Crippen LogP contribution in [0.5, 0.6) is 0 Å². The quantitative estimate of drug-likeness (QED) is 0.609. The standard InChI is InChI=1S/C16H19F3N4O2/c1-2-25-14(24)5-3-4-12-7-6-11(8-13(12)20)9-23-10-21-15(22-23)16(17,18)19/h6-8,10H,2-5,9,20H2,1H3. The molecule has 6 nitrogen and oxygen atoms in total. The summed E-state index contributed by atoms with van der Waals surface area (Å²) in [5.41, 5.74) is 8.10. The third-order valence-electron chi connectivity index (χ3n) is 3.48. The zero-order chi connectivity index (χ0) is 18.4. The van der Waals surface area contributed by atoms with Crippen LogP contribution in [-0.2, 0) is 28.7 Å². The molecule has 0 saturated heterocycles. The number of benzene rings is 1. The molecule has 0 aliphatic rings. The van der Waals surface area contributed by atoms with Gasteiger partial charge in [-0.05, 0) is 37.0 Å². The Morgan fingerprint density at radius 1 is 1.36 bits per heavy atom. The first-order chi connectivity index (χ1) is 11.8. The molecule has 0 amide bonds. The van der Waals surface area contributed by atoms with E-state index in [2.05, 4.69) is 10.1 Å². The number of hydrogen-bond acceptors (Lipinski definition) is 5. The van der Waals surface area contributed by atoms with Crippen molar-refractivity contribution in [3.63, 3.8) is 0 Å². The Morgan fingerprint density at radius 2 is 2.12 bits per heavy atom. The van der Waals surface area contributed by atoms with Crippen molar-refractivity contribution in [2.45, 2.75) is 38.9 Å². The lowest BCUT2D eigenvalue weighted by Crippen LogP contribution is -2.09. The molecule has 1 aromatic heterocycles. The van der Waals surface area contributed by atoms with Crippen LogP contribution < -0.4 is 5.73 Å². The molecule has 0 radical (unpaired) electrons. The van der Waals surface area contributed by atoms with Crippen LogP contribution in [0.15, 0.2) is 24.5 Å². The summed E-state index contributed by atoms with van der Waals surface area (Å²) in [4.78, 5) is 14.5. The number of esters is 1. The Bertz CT molecular complexity index is 728. The maximum absolute atomic E-state index is 12.5. The normalized spacial score (nSPS) is 11.5. The van der Waals surface area contributed by atoms with Gasteiger partial charge in [0.2, 0.25) is 0 Å². The van der Waals surface area contributed by atoms with E-state index in [1.807, 2.05) is 0 Å². The van der Waals surface area contributed by atoms with Crippen LogP contribution in [0.2, 0.25) is 0 Å². The molecule has 1 heterocycles. The van der Waals surface area contributed by atoms with Crippen LogP contribution in [0.25, 0.3) is 0 Å². The predicted molar refractivity (Wildman–Crippen MR) is 84.6 cm³/mol. The fraction of sp³-hybridized carbons (Fsp3) is 0.438. The highest BCUT2D eigenvalue weighted by molar-refractivity contribution is 5.69. The van der Waals surface area contributed by atoms with Crippen molar-refractivity contribution in [2.24, 2.45) is 0 Å². The second kappa shape index (κ2) is 8.00. The molecule has 136 valence electrons. The van der Waals surface area contributed by atoms with Crippen molar-refractivity contribution in [3.8, 4) is 0 Å². The van der Waals surface area contributed by atoms with Crippen molar-refractivity contribution < 1.29 is 22.7 Å². The van der Waals surface area contributed by atoms with Crippen LogP contribution in [0.4, 0.5) is 18.9 Å². The van der Waals surface area contributed by atoms with Gasteiger partial charge in [-0.25, -0.2) is 9.67 Å². The number of anilines is 1. The van der Waals surface area contributed by atoms with Crippen LogP contribution >= 0.6 is 0 Å². The minimum absolute atomic E-state index is 0.135. The van der Waals surface area contributed by atoms with E-state index in [0.29, 0.717) is 37.1 Å². The molecule has 2 N–H and O–H groups in total. The molecule has 0 spiro atoms. The molecule has 0 aliphatic heterocycles. The number of ether oxygens (including phenoxy) is 1. The number of aryl methyl sites for hydroxylation is 1. The number of carbonyl (C=O) groups is 1. The van der Waals surface area contributed by atoms with Crippen molar-refractivity contribution in [1.82, 2.24) is 14.8 Å². The van der Waals surface area contributed by atoms with Gasteiger partial charge in [0.05, 0.1) is 13.2 Å². The zero-order valence-corrected chi connectivity index (χ0v) is 13.7. The number of nitrogens with two attached hydrogens (primary N) is 1. The highest BCUT2D eigenvalue weighted by Gasteiger charge is 2.35. The Labute approximate surface area is 142 Å². The summed E-state index contributed by atoms with van der Waals surface area (Å²) in [6.07, 6.45) is -1.99. The molecular weight excluding hydrogens is 337 g/mol. The Balaban J connectivity index is 1.95. The number of halogens is 3. The van der Waals surface area contributed by atoms with Gasteiger partial charge in [-0.15, -0.1) is 5.10 Å². The summed E-state index contributed by atoms with van der Waals surface area (Å²) in [6.45, 7) is 2.24. The van der Waals surface area contributed by atoms with Gasteiger partial charge in [0, 0.05) is 12.1 Å². The van der Waals surface area contributed by atoms with Gasteiger partial charge in [-0.2, -0.15) is 13.2 Å². The SMILES string of the molecule is CCOC(=O)CCCc1ccc(Cn2cnc(C(F)(F)F)n2)cc1N. The number of nitrogen functional groups attached to an aromatic ring is 1. The fourth-order valence-corrected chi connectivity index (χ4v) is 2.31. The third-order valence-corrected chi connectivity index (χ3v) is 3.48. The van der Waals surface area contributed by atoms with Gasteiger partial charge >= 0.3 is 12.1 Å². The highest BCUT2D eigenvalue weighted by atomic mass is 19.4. The zero-order valence-electron chi connectivity index (χ0n) is 13.7. The summed E-state index contributed by atoms with van der Waals surface area (Å²) >= 11 is 0. The topological polar surface area (TPSA) is 83.0 Å². The number of aromatic nitrogens is 3. The minimum Gasteiger partial charge on any atom is -0.466 e. The van der Waals surface area contributed by atoms with Crippen molar-refractivity contribution in [2.75, 3.05) is 12.3 Å². The molecule has 0 fully saturated rings. The average molecular weight is 356 g/mol. The van der Waals surface area contributed by atoms with Gasteiger partial charge in [0.15, 0.2) is 0 Å². The molecule has 9 heteroatoms. The van der Waals surface area contributed by atoms with Crippen molar-refractivity contribution in [3.05, 3.63) is 41.5 Å². The molecule has 25 heavy (non-hydrogen) atoms. The highest BCUT2D eigenvalue weighted by Crippen LogP contribution is 2.25. The van der Waals surface area contributed by atoms with Crippen molar-refractivity contribution in [1.29, 1.82) is 0 Å². The predicted octanol–water partition coefficient (Wildman–Crippen LogP) is 2.81. The first-order valence-corrected chi connectivity index (χ1v) is 7.79. The van der Waals surface area contributed by atoms with E-state index >= 15 is 0 Å². The van der Waals surface area contributed by atoms with E-state index in [1.54, 1.807) is 25.1 Å². The molecule has 0 bridgehead atoms. The number of alkyl halides is 3. The van der Waals surface area contributed by atoms with Gasteiger partial charge in [-0.1, -0.05) is 12.1 Å². The Kier molecular flexibility index (Phi) is 6.00. The summed E-state index contributed by atoms with van der Waals surface area (Å²) in [7, 11) is 0. The van der Waals surface area contributed by atoms with Crippen LogP contribution in [0.1, 0.15) is 36.7 Å². The van der Waals surface area contributed by atoms with Gasteiger partial charge in [0.25, 0.3) is 5.82 Å². The van der Waals surface area contributed by atoms with Gasteiger partial charge in [-0.3, -0.25) is 4.79 Å². The molecular formula is C16H19F3N4O2. The summed E-state index contributed by atoms with van der Waals surface area (Å²) < 4.78 is 43.4. The number of nitrogens with zero attached hydrogens (tertiary/aromatic N) is 3. The Hall–Kier alpha value is -2.58. The fourth-order valence-electron chi connectivity index (χ4n) is 2.31. The second-order valence-corrected chi connectivity index (χ2v) is 5.46. The van der Waals surface area contributed by atoms with E-state index in [9.17, 15) is 18.0 Å². The molecule has 2 aromatic rings. The smallest absolute Gasteiger partial charge is 0.453 e. The lowest BCUT2D eigenvalue weighted by Gasteiger charge is -2.09. The van der Waals surface area contributed by atoms with E-state index in [1.165, 1.54) is 0 Å². The summed E-state index contributed by atoms with van der Waals surface area (Å²) in [5, 5.41) is 3.40. The van der Waals surface area contributed by atoms with E-state index < -0.39 is 12.0 Å². The monoisotopic (exact) mass is 356 g/mol. The summed E-state index contributed by atoms with van der Waals surface area (Å²) in [6, 6.07) is 5.26.